The molecular formula is C12H17N. The molecule has 1 heteroatoms. The van der Waals surface area contributed by atoms with E-state index in [1.807, 2.05) is 0 Å². The Morgan fingerprint density at radius 3 is 2.69 bits per heavy atom. The number of nitrogens with zero attached hydrogens (tertiary/aromatic N) is 1. The quantitative estimate of drug-likeness (QED) is 0.633. The van der Waals surface area contributed by atoms with Gasteiger partial charge in [0.05, 0.1) is 0 Å². The first-order chi connectivity index (χ1) is 6.27. The number of benzene rings is 1. The summed E-state index contributed by atoms with van der Waals surface area (Å²) < 4.78 is 0. The average molecular weight is 175 g/mol. The molecule has 1 aliphatic heterocycles. The lowest BCUT2D eigenvalue weighted by Gasteiger charge is -2.13. The molecule has 1 aromatic carbocycles. The van der Waals surface area contributed by atoms with Gasteiger partial charge in [-0.3, -0.25) is 0 Å². The van der Waals surface area contributed by atoms with E-state index < -0.39 is 0 Å². The van der Waals surface area contributed by atoms with Gasteiger partial charge >= 0.3 is 0 Å². The number of aryl methyl sites for hydroxylation is 1. The second-order valence-electron chi connectivity index (χ2n) is 4.10. The Kier molecular flexibility index (Phi) is 2.36. The van der Waals surface area contributed by atoms with Crippen molar-refractivity contribution >= 4 is 0 Å². The van der Waals surface area contributed by atoms with Gasteiger partial charge in [-0.1, -0.05) is 24.3 Å². The summed E-state index contributed by atoms with van der Waals surface area (Å²) in [6.45, 7) is 4.69. The normalized spacial score (nSPS) is 23.7. The third-order valence-corrected chi connectivity index (χ3v) is 3.02. The fourth-order valence-corrected chi connectivity index (χ4v) is 2.23. The van der Waals surface area contributed by atoms with Gasteiger partial charge in [0.2, 0.25) is 0 Å². The molecule has 0 aromatic heterocycles. The van der Waals surface area contributed by atoms with Gasteiger partial charge in [-0.15, -0.1) is 0 Å². The van der Waals surface area contributed by atoms with Crippen LogP contribution in [0, 0.1) is 6.92 Å². The SMILES string of the molecule is Cc1ccccc1[C@@H]1CCN(C)C1. The molecule has 0 spiro atoms. The predicted molar refractivity (Wildman–Crippen MR) is 56.0 cm³/mol. The van der Waals surface area contributed by atoms with Crippen LogP contribution in [0.15, 0.2) is 24.3 Å². The van der Waals surface area contributed by atoms with Crippen LogP contribution in [0.1, 0.15) is 23.5 Å². The van der Waals surface area contributed by atoms with Crippen molar-refractivity contribution in [3.63, 3.8) is 0 Å². The van der Waals surface area contributed by atoms with Crippen LogP contribution in [0.5, 0.6) is 0 Å². The summed E-state index contributed by atoms with van der Waals surface area (Å²) in [5, 5.41) is 0. The van der Waals surface area contributed by atoms with Crippen molar-refractivity contribution in [3.8, 4) is 0 Å². The molecule has 1 nitrogen and oxygen atoms in total. The van der Waals surface area contributed by atoms with Crippen LogP contribution < -0.4 is 0 Å². The van der Waals surface area contributed by atoms with Crippen LogP contribution >= 0.6 is 0 Å². The molecule has 0 N–H and O–H groups in total. The van der Waals surface area contributed by atoms with E-state index in [2.05, 4.69) is 43.1 Å². The van der Waals surface area contributed by atoms with Crippen LogP contribution in [-0.2, 0) is 0 Å². The smallest absolute Gasteiger partial charge is 0.00478 e. The van der Waals surface area contributed by atoms with Crippen molar-refractivity contribution in [2.75, 3.05) is 20.1 Å². The van der Waals surface area contributed by atoms with Crippen molar-refractivity contribution in [1.29, 1.82) is 0 Å². The summed E-state index contributed by atoms with van der Waals surface area (Å²) in [6.07, 6.45) is 1.32. The zero-order chi connectivity index (χ0) is 9.26. The maximum Gasteiger partial charge on any atom is 0.00478 e. The summed E-state index contributed by atoms with van der Waals surface area (Å²) in [5.74, 6) is 0.770. The maximum atomic E-state index is 2.41. The Morgan fingerprint density at radius 1 is 1.31 bits per heavy atom. The van der Waals surface area contributed by atoms with Gasteiger partial charge in [0.15, 0.2) is 0 Å². The van der Waals surface area contributed by atoms with Gasteiger partial charge in [-0.25, -0.2) is 0 Å². The molecule has 70 valence electrons. The van der Waals surface area contributed by atoms with E-state index in [4.69, 9.17) is 0 Å². The van der Waals surface area contributed by atoms with E-state index in [1.165, 1.54) is 25.1 Å². The average Bonchev–Trinajstić information content (AvgIpc) is 2.53. The third-order valence-electron chi connectivity index (χ3n) is 3.02. The number of hydrogen-bond donors (Lipinski definition) is 0. The van der Waals surface area contributed by atoms with E-state index in [0.29, 0.717) is 0 Å². The molecule has 13 heavy (non-hydrogen) atoms. The van der Waals surface area contributed by atoms with Crippen LogP contribution in [-0.4, -0.2) is 25.0 Å². The van der Waals surface area contributed by atoms with E-state index >= 15 is 0 Å². The summed E-state index contributed by atoms with van der Waals surface area (Å²) in [7, 11) is 2.21. The van der Waals surface area contributed by atoms with Crippen molar-refractivity contribution in [2.24, 2.45) is 0 Å². The van der Waals surface area contributed by atoms with Crippen molar-refractivity contribution in [2.45, 2.75) is 19.3 Å². The maximum absolute atomic E-state index is 2.41. The van der Waals surface area contributed by atoms with Gasteiger partial charge in [-0.05, 0) is 44.0 Å². The van der Waals surface area contributed by atoms with Gasteiger partial charge in [-0.2, -0.15) is 0 Å². The molecular weight excluding hydrogens is 158 g/mol. The van der Waals surface area contributed by atoms with Gasteiger partial charge in [0.25, 0.3) is 0 Å². The molecule has 0 saturated carbocycles. The lowest BCUT2D eigenvalue weighted by Crippen LogP contribution is -2.13. The molecule has 2 rings (SSSR count). The topological polar surface area (TPSA) is 3.24 Å². The third kappa shape index (κ3) is 1.75. The molecule has 0 bridgehead atoms. The van der Waals surface area contributed by atoms with E-state index in [9.17, 15) is 0 Å². The second kappa shape index (κ2) is 3.51. The lowest BCUT2D eigenvalue weighted by atomic mass is 9.94. The minimum atomic E-state index is 0.770. The Hall–Kier alpha value is -0.820. The highest BCUT2D eigenvalue weighted by Gasteiger charge is 2.21. The molecule has 0 amide bonds. The highest BCUT2D eigenvalue weighted by Crippen LogP contribution is 2.28. The lowest BCUT2D eigenvalue weighted by molar-refractivity contribution is 0.411. The predicted octanol–water partition coefficient (Wildman–Crippen LogP) is 2.41. The molecule has 1 aliphatic rings. The first kappa shape index (κ1) is 8.76. The van der Waals surface area contributed by atoms with Crippen LogP contribution in [0.4, 0.5) is 0 Å². The van der Waals surface area contributed by atoms with E-state index in [1.54, 1.807) is 5.56 Å². The van der Waals surface area contributed by atoms with Gasteiger partial charge in [0, 0.05) is 6.54 Å². The van der Waals surface area contributed by atoms with Gasteiger partial charge in [0.1, 0.15) is 0 Å². The molecule has 1 saturated heterocycles. The van der Waals surface area contributed by atoms with Crippen LogP contribution in [0.3, 0.4) is 0 Å². The highest BCUT2D eigenvalue weighted by atomic mass is 15.1. The first-order valence-corrected chi connectivity index (χ1v) is 5.01. The largest absolute Gasteiger partial charge is 0.306 e. The molecule has 0 radical (unpaired) electrons. The fraction of sp³-hybridized carbons (Fsp3) is 0.500. The highest BCUT2D eigenvalue weighted by molar-refractivity contribution is 5.30. The summed E-state index contributed by atoms with van der Waals surface area (Å²) >= 11 is 0. The monoisotopic (exact) mass is 175 g/mol. The Balaban J connectivity index is 2.21. The fourth-order valence-electron chi connectivity index (χ4n) is 2.23. The van der Waals surface area contributed by atoms with E-state index in [0.717, 1.165) is 5.92 Å². The number of likely N-dealkylation sites (tertiary alicyclic amines) is 1. The molecule has 1 fully saturated rings. The molecule has 1 heterocycles. The Morgan fingerprint density at radius 2 is 2.08 bits per heavy atom. The van der Waals surface area contributed by atoms with Crippen molar-refractivity contribution in [3.05, 3.63) is 35.4 Å². The zero-order valence-electron chi connectivity index (χ0n) is 8.46. The van der Waals surface area contributed by atoms with Crippen molar-refractivity contribution < 1.29 is 0 Å². The second-order valence-corrected chi connectivity index (χ2v) is 4.10. The van der Waals surface area contributed by atoms with Crippen LogP contribution in [0.2, 0.25) is 0 Å². The minimum Gasteiger partial charge on any atom is -0.306 e. The Labute approximate surface area is 80.4 Å². The number of likely N-dealkylation sites (N-methyl/N-ethyl adjacent to an activating group) is 1. The number of rotatable bonds is 1. The molecule has 0 aliphatic carbocycles. The summed E-state index contributed by atoms with van der Waals surface area (Å²) in [4.78, 5) is 2.41. The summed E-state index contributed by atoms with van der Waals surface area (Å²) in [5.41, 5.74) is 3.00. The minimum absolute atomic E-state index is 0.770. The van der Waals surface area contributed by atoms with Crippen molar-refractivity contribution in [1.82, 2.24) is 4.90 Å². The molecule has 1 atom stereocenters. The zero-order valence-corrected chi connectivity index (χ0v) is 8.46. The molecule has 0 unspecified atom stereocenters. The standard InChI is InChI=1S/C12H17N/c1-10-5-3-4-6-12(10)11-7-8-13(2)9-11/h3-6,11H,7-9H2,1-2H3/t11-/m1/s1. The number of hydrogen-bond acceptors (Lipinski definition) is 1. The van der Waals surface area contributed by atoms with Gasteiger partial charge < -0.3 is 4.90 Å². The van der Waals surface area contributed by atoms with E-state index in [-0.39, 0.29) is 0 Å². The summed E-state index contributed by atoms with van der Waals surface area (Å²) in [6, 6.07) is 8.77. The van der Waals surface area contributed by atoms with Crippen LogP contribution in [0.25, 0.3) is 0 Å². The first-order valence-electron chi connectivity index (χ1n) is 5.01. The Bertz CT molecular complexity index is 293. The molecule has 1 aromatic rings.